The van der Waals surface area contributed by atoms with Gasteiger partial charge >= 0.3 is 17.9 Å². The van der Waals surface area contributed by atoms with Gasteiger partial charge in [-0.1, -0.05) is 0 Å². The first kappa shape index (κ1) is 24.7. The fourth-order valence-electron chi connectivity index (χ4n) is 3.53. The Labute approximate surface area is 184 Å². The number of amides is 2. The van der Waals surface area contributed by atoms with Gasteiger partial charge in [-0.15, -0.1) is 11.8 Å². The predicted molar refractivity (Wildman–Crippen MR) is 110 cm³/mol. The van der Waals surface area contributed by atoms with Crippen molar-refractivity contribution in [2.24, 2.45) is 0 Å². The van der Waals surface area contributed by atoms with Crippen LogP contribution in [0.4, 0.5) is 0 Å². The number of quaternary nitrogens is 1. The molecule has 0 bridgehead atoms. The molecule has 3 atom stereocenters. The number of thioether (sulfide) groups is 1. The minimum Gasteiger partial charge on any atom is -0.477 e. The molecule has 1 saturated heterocycles. The zero-order valence-electron chi connectivity index (χ0n) is 17.9. The second kappa shape index (κ2) is 9.69. The van der Waals surface area contributed by atoms with Gasteiger partial charge in [0.15, 0.2) is 6.04 Å². The van der Waals surface area contributed by atoms with Gasteiger partial charge in [0.05, 0.1) is 21.1 Å². The summed E-state index contributed by atoms with van der Waals surface area (Å²) in [5.41, 5.74) is 0.106. The van der Waals surface area contributed by atoms with E-state index >= 15 is 0 Å². The molecule has 0 aromatic heterocycles. The Morgan fingerprint density at radius 3 is 2.42 bits per heavy atom. The van der Waals surface area contributed by atoms with Gasteiger partial charge in [-0.3, -0.25) is 19.3 Å². The van der Waals surface area contributed by atoms with E-state index in [-0.39, 0.29) is 29.0 Å². The minimum absolute atomic E-state index is 0.0598. The molecule has 0 spiro atoms. The first-order valence-corrected chi connectivity index (χ1v) is 10.8. The van der Waals surface area contributed by atoms with Gasteiger partial charge in [0.1, 0.15) is 23.7 Å². The number of esters is 1. The molecule has 0 saturated carbocycles. The smallest absolute Gasteiger partial charge is 0.362 e. The van der Waals surface area contributed by atoms with Gasteiger partial charge in [-0.2, -0.15) is 0 Å². The van der Waals surface area contributed by atoms with Gasteiger partial charge < -0.3 is 24.7 Å². The molecule has 0 aliphatic carbocycles. The van der Waals surface area contributed by atoms with Crippen LogP contribution in [0.2, 0.25) is 0 Å². The number of carboxylic acid groups (broad SMARTS) is 2. The third-order valence-electron chi connectivity index (χ3n) is 5.12. The minimum atomic E-state index is -1.30. The number of hydrogen-bond acceptors (Lipinski definition) is 7. The first-order chi connectivity index (χ1) is 14.3. The standard InChI is InChI=1S/C19H27N3O8S/c1-10(23)30-8-11-9-31-17-14(16(25)21(17)15(11)19(28)29)20-13(24)7-5-6-12(18(26)27)22(2,3)4/h12,14,17H,5-9H2,1-4H3,(H2-,20,24,26,27,28,29)/p+1. The summed E-state index contributed by atoms with van der Waals surface area (Å²) in [6.07, 6.45) is 0.707. The van der Waals surface area contributed by atoms with Crippen molar-refractivity contribution < 1.29 is 43.4 Å². The highest BCUT2D eigenvalue weighted by molar-refractivity contribution is 8.00. The van der Waals surface area contributed by atoms with E-state index in [1.807, 2.05) is 0 Å². The number of β-lactam (4-membered cyclic amide) rings is 1. The maximum absolute atomic E-state index is 12.5. The molecule has 2 aliphatic rings. The Morgan fingerprint density at radius 2 is 1.90 bits per heavy atom. The fourth-order valence-corrected chi connectivity index (χ4v) is 4.85. The number of nitrogens with one attached hydrogen (secondary N) is 1. The van der Waals surface area contributed by atoms with Crippen molar-refractivity contribution in [3.63, 3.8) is 0 Å². The molecule has 0 radical (unpaired) electrons. The van der Waals surface area contributed by atoms with Gasteiger partial charge in [0.2, 0.25) is 5.91 Å². The highest BCUT2D eigenvalue weighted by atomic mass is 32.2. The summed E-state index contributed by atoms with van der Waals surface area (Å²) >= 11 is 1.28. The van der Waals surface area contributed by atoms with Gasteiger partial charge in [-0.05, 0) is 6.42 Å². The number of carbonyl (C=O) groups is 5. The van der Waals surface area contributed by atoms with Crippen molar-refractivity contribution in [2.45, 2.75) is 43.6 Å². The Morgan fingerprint density at radius 1 is 1.26 bits per heavy atom. The predicted octanol–water partition coefficient (Wildman–Crippen LogP) is -0.382. The van der Waals surface area contributed by atoms with Crippen molar-refractivity contribution in [1.82, 2.24) is 10.2 Å². The quantitative estimate of drug-likeness (QED) is 0.226. The van der Waals surface area contributed by atoms with E-state index in [0.717, 1.165) is 4.90 Å². The normalized spacial score (nSPS) is 21.7. The number of rotatable bonds is 10. The van der Waals surface area contributed by atoms with E-state index in [2.05, 4.69) is 5.32 Å². The van der Waals surface area contributed by atoms with E-state index in [4.69, 9.17) is 4.74 Å². The molecule has 0 aromatic rings. The number of carbonyl (C=O) groups excluding carboxylic acids is 3. The van der Waals surface area contributed by atoms with Gasteiger partial charge in [0.25, 0.3) is 5.91 Å². The lowest BCUT2D eigenvalue weighted by Gasteiger charge is -2.49. The third-order valence-corrected chi connectivity index (χ3v) is 6.46. The maximum atomic E-state index is 12.5. The second-order valence-electron chi connectivity index (χ2n) is 8.36. The molecule has 2 heterocycles. The van der Waals surface area contributed by atoms with E-state index in [1.54, 1.807) is 21.1 Å². The number of likely N-dealkylation sites (N-methyl/N-ethyl adjacent to an activating group) is 1. The average Bonchev–Trinajstić information content (AvgIpc) is 2.65. The average molecular weight is 459 g/mol. The summed E-state index contributed by atoms with van der Waals surface area (Å²) in [5, 5.41) is 20.9. The lowest BCUT2D eigenvalue weighted by Crippen LogP contribution is -2.70. The summed E-state index contributed by atoms with van der Waals surface area (Å²) in [6, 6.07) is -1.50. The molecule has 31 heavy (non-hydrogen) atoms. The number of fused-ring (bicyclic) bond motifs is 1. The summed E-state index contributed by atoms with van der Waals surface area (Å²) in [4.78, 5) is 60.0. The van der Waals surface area contributed by atoms with E-state index < -0.39 is 47.2 Å². The lowest BCUT2D eigenvalue weighted by atomic mass is 10.0. The summed E-state index contributed by atoms with van der Waals surface area (Å²) in [7, 11) is 5.30. The Hall–Kier alpha value is -2.60. The number of carboxylic acids is 2. The molecule has 2 aliphatic heterocycles. The van der Waals surface area contributed by atoms with Crippen LogP contribution < -0.4 is 5.32 Å². The number of aliphatic carboxylic acids is 2. The molecule has 3 N–H and O–H groups in total. The SMILES string of the molecule is CC(=O)OCC1=C(C(=O)O)N2C(=O)C(NC(=O)CCCC(C(=O)O)[N+](C)(C)C)C2SC1. The summed E-state index contributed by atoms with van der Waals surface area (Å²) in [6.45, 7) is 0.994. The number of nitrogens with zero attached hydrogens (tertiary/aromatic N) is 2. The molecule has 12 heteroatoms. The van der Waals surface area contributed by atoms with Crippen LogP contribution in [0.3, 0.4) is 0 Å². The zero-order chi connectivity index (χ0) is 23.5. The Kier molecular flexibility index (Phi) is 7.71. The van der Waals surface area contributed by atoms with Crippen LogP contribution in [0.15, 0.2) is 11.3 Å². The molecule has 1 fully saturated rings. The van der Waals surface area contributed by atoms with Crippen LogP contribution in [-0.4, -0.2) is 100 Å². The molecule has 2 rings (SSSR count). The van der Waals surface area contributed by atoms with Crippen molar-refractivity contribution in [1.29, 1.82) is 0 Å². The summed E-state index contributed by atoms with van der Waals surface area (Å²) < 4.78 is 5.10. The molecule has 0 aromatic carbocycles. The lowest BCUT2D eigenvalue weighted by molar-refractivity contribution is -0.887. The zero-order valence-corrected chi connectivity index (χ0v) is 18.7. The van der Waals surface area contributed by atoms with Gasteiger partial charge in [0, 0.05) is 31.1 Å². The van der Waals surface area contributed by atoms with Crippen LogP contribution in [-0.2, 0) is 28.7 Å². The maximum Gasteiger partial charge on any atom is 0.362 e. The van der Waals surface area contributed by atoms with E-state index in [9.17, 15) is 34.2 Å². The summed E-state index contributed by atoms with van der Waals surface area (Å²) in [5.74, 6) is -3.48. The number of ether oxygens (including phenoxy) is 1. The molecule has 3 unspecified atom stereocenters. The molecule has 2 amide bonds. The van der Waals surface area contributed by atoms with Crippen LogP contribution in [0, 0.1) is 0 Å². The van der Waals surface area contributed by atoms with Gasteiger partial charge in [-0.25, -0.2) is 9.59 Å². The molecular formula is C19H28N3O8S+. The van der Waals surface area contributed by atoms with Crippen molar-refractivity contribution in [3.05, 3.63) is 11.3 Å². The highest BCUT2D eigenvalue weighted by Gasteiger charge is 2.54. The Balaban J connectivity index is 1.95. The topological polar surface area (TPSA) is 150 Å². The van der Waals surface area contributed by atoms with Crippen molar-refractivity contribution in [2.75, 3.05) is 33.5 Å². The molecule has 172 valence electrons. The fraction of sp³-hybridized carbons (Fsp3) is 0.632. The van der Waals surface area contributed by atoms with Crippen LogP contribution in [0.5, 0.6) is 0 Å². The van der Waals surface area contributed by atoms with Crippen LogP contribution in [0.25, 0.3) is 0 Å². The van der Waals surface area contributed by atoms with E-state index in [0.29, 0.717) is 18.4 Å². The van der Waals surface area contributed by atoms with E-state index in [1.165, 1.54) is 18.7 Å². The number of hydrogen-bond donors (Lipinski definition) is 3. The molecule has 11 nitrogen and oxygen atoms in total. The second-order valence-corrected chi connectivity index (χ2v) is 9.46. The highest BCUT2D eigenvalue weighted by Crippen LogP contribution is 2.40. The van der Waals surface area contributed by atoms with Crippen LogP contribution in [0.1, 0.15) is 26.2 Å². The third kappa shape index (κ3) is 5.76. The van der Waals surface area contributed by atoms with Crippen LogP contribution >= 0.6 is 11.8 Å². The van der Waals surface area contributed by atoms with Crippen molar-refractivity contribution >= 4 is 41.5 Å². The molecular weight excluding hydrogens is 430 g/mol. The van der Waals surface area contributed by atoms with Crippen molar-refractivity contribution in [3.8, 4) is 0 Å². The Bertz CT molecular complexity index is 819. The first-order valence-electron chi connectivity index (χ1n) is 9.71. The monoisotopic (exact) mass is 458 g/mol. The largest absolute Gasteiger partial charge is 0.477 e.